The second kappa shape index (κ2) is 6.35. The molecule has 18 heavy (non-hydrogen) atoms. The Bertz CT molecular complexity index is 428. The molecule has 100 valence electrons. The predicted octanol–water partition coefficient (Wildman–Crippen LogP) is 4.10. The van der Waals surface area contributed by atoms with E-state index in [-0.39, 0.29) is 12.1 Å². The minimum Gasteiger partial charge on any atom is -0.310 e. The monoisotopic (exact) mass is 335 g/mol. The van der Waals surface area contributed by atoms with Crippen LogP contribution in [0.5, 0.6) is 0 Å². The maximum absolute atomic E-state index is 13.7. The number of nitrogens with one attached hydrogen (secondary N) is 1. The van der Waals surface area contributed by atoms with Gasteiger partial charge in [-0.1, -0.05) is 0 Å². The zero-order valence-electron chi connectivity index (χ0n) is 10.2. The molecule has 0 aliphatic heterocycles. The number of rotatable bonds is 4. The van der Waals surface area contributed by atoms with Crippen molar-refractivity contribution in [3.63, 3.8) is 0 Å². The first-order chi connectivity index (χ1) is 8.61. The van der Waals surface area contributed by atoms with Gasteiger partial charge in [-0.3, -0.25) is 0 Å². The van der Waals surface area contributed by atoms with Crippen LogP contribution in [0.2, 0.25) is 0 Å². The van der Waals surface area contributed by atoms with Gasteiger partial charge in [0, 0.05) is 23.4 Å². The smallest absolute Gasteiger partial charge is 0.144 e. The summed E-state index contributed by atoms with van der Waals surface area (Å²) in [7, 11) is 0. The third-order valence-corrected chi connectivity index (χ3v) is 5.13. The number of halogens is 3. The molecule has 5 heteroatoms. The maximum atomic E-state index is 13.7. The predicted molar refractivity (Wildman–Crippen MR) is 75.8 cm³/mol. The van der Waals surface area contributed by atoms with Crippen molar-refractivity contribution in [1.29, 1.82) is 0 Å². The van der Waals surface area contributed by atoms with E-state index in [0.29, 0.717) is 15.8 Å². The lowest BCUT2D eigenvalue weighted by atomic mass is 10.1. The van der Waals surface area contributed by atoms with Crippen LogP contribution in [-0.4, -0.2) is 17.5 Å². The van der Waals surface area contributed by atoms with E-state index < -0.39 is 11.6 Å². The maximum Gasteiger partial charge on any atom is 0.144 e. The molecule has 1 fully saturated rings. The second-order valence-electron chi connectivity index (χ2n) is 4.57. The van der Waals surface area contributed by atoms with Crippen LogP contribution >= 0.6 is 27.7 Å². The number of thioether (sulfide) groups is 1. The Balaban J connectivity index is 1.97. The van der Waals surface area contributed by atoms with Crippen molar-refractivity contribution in [3.05, 3.63) is 33.8 Å². The summed E-state index contributed by atoms with van der Waals surface area (Å²) >= 11 is 4.95. The number of hydrogen-bond donors (Lipinski definition) is 1. The van der Waals surface area contributed by atoms with Crippen LogP contribution in [-0.2, 0) is 6.54 Å². The standard InChI is InChI=1S/C13H16BrF2NS/c1-18-9-3-2-8(6-9)17-7-10-12(15)5-4-11(14)13(10)16/h4-5,8-9,17H,2-3,6-7H2,1H3. The van der Waals surface area contributed by atoms with Crippen LogP contribution < -0.4 is 5.32 Å². The van der Waals surface area contributed by atoms with E-state index in [1.165, 1.54) is 18.6 Å². The summed E-state index contributed by atoms with van der Waals surface area (Å²) in [5.74, 6) is -0.982. The van der Waals surface area contributed by atoms with Gasteiger partial charge in [-0.25, -0.2) is 8.78 Å². The van der Waals surface area contributed by atoms with Gasteiger partial charge in [0.2, 0.25) is 0 Å². The van der Waals surface area contributed by atoms with E-state index in [2.05, 4.69) is 27.5 Å². The van der Waals surface area contributed by atoms with Crippen molar-refractivity contribution in [3.8, 4) is 0 Å². The normalized spacial score (nSPS) is 23.6. The fourth-order valence-corrected chi connectivity index (χ4v) is 3.49. The van der Waals surface area contributed by atoms with Gasteiger partial charge in [0.15, 0.2) is 0 Å². The summed E-state index contributed by atoms with van der Waals surface area (Å²) in [5.41, 5.74) is 0.122. The van der Waals surface area contributed by atoms with Crippen LogP contribution in [0, 0.1) is 11.6 Å². The Hall–Kier alpha value is -0.130. The topological polar surface area (TPSA) is 12.0 Å². The van der Waals surface area contributed by atoms with Gasteiger partial charge >= 0.3 is 0 Å². The van der Waals surface area contributed by atoms with E-state index in [4.69, 9.17) is 0 Å². The molecular weight excluding hydrogens is 320 g/mol. The van der Waals surface area contributed by atoms with Gasteiger partial charge < -0.3 is 5.32 Å². The molecule has 0 bridgehead atoms. The third-order valence-electron chi connectivity index (χ3n) is 3.42. The second-order valence-corrected chi connectivity index (χ2v) is 6.56. The molecule has 1 N–H and O–H groups in total. The summed E-state index contributed by atoms with van der Waals surface area (Å²) < 4.78 is 27.6. The Kier molecular flexibility index (Phi) is 5.04. The van der Waals surface area contributed by atoms with Crippen molar-refractivity contribution < 1.29 is 8.78 Å². The first-order valence-electron chi connectivity index (χ1n) is 6.00. The molecule has 1 nitrogen and oxygen atoms in total. The fraction of sp³-hybridized carbons (Fsp3) is 0.538. The molecule has 2 atom stereocenters. The molecule has 0 saturated heterocycles. The highest BCUT2D eigenvalue weighted by atomic mass is 79.9. The van der Waals surface area contributed by atoms with E-state index in [1.807, 2.05) is 11.8 Å². The van der Waals surface area contributed by atoms with E-state index in [1.54, 1.807) is 0 Å². The highest BCUT2D eigenvalue weighted by Gasteiger charge is 2.24. The van der Waals surface area contributed by atoms with Crippen molar-refractivity contribution in [2.75, 3.05) is 6.26 Å². The average Bonchev–Trinajstić information content (AvgIpc) is 2.82. The van der Waals surface area contributed by atoms with E-state index in [0.717, 1.165) is 12.8 Å². The summed E-state index contributed by atoms with van der Waals surface area (Å²) in [6.45, 7) is 0.253. The lowest BCUT2D eigenvalue weighted by Crippen LogP contribution is -2.27. The molecule has 1 aliphatic carbocycles. The van der Waals surface area contributed by atoms with Crippen molar-refractivity contribution >= 4 is 27.7 Å². The average molecular weight is 336 g/mol. The molecule has 1 saturated carbocycles. The molecule has 0 spiro atoms. The Labute approximate surface area is 119 Å². The van der Waals surface area contributed by atoms with Crippen LogP contribution in [0.4, 0.5) is 8.78 Å². The van der Waals surface area contributed by atoms with Crippen molar-refractivity contribution in [2.45, 2.75) is 37.1 Å². The largest absolute Gasteiger partial charge is 0.310 e. The minimum absolute atomic E-state index is 0.122. The SMILES string of the molecule is CSC1CCC(NCc2c(F)ccc(Br)c2F)C1. The van der Waals surface area contributed by atoms with Crippen LogP contribution in [0.1, 0.15) is 24.8 Å². The third kappa shape index (κ3) is 3.25. The molecule has 2 unspecified atom stereocenters. The van der Waals surface area contributed by atoms with Gasteiger partial charge in [0.05, 0.1) is 4.47 Å². The van der Waals surface area contributed by atoms with E-state index in [9.17, 15) is 8.78 Å². The van der Waals surface area contributed by atoms with Crippen molar-refractivity contribution in [1.82, 2.24) is 5.32 Å². The fourth-order valence-electron chi connectivity index (χ4n) is 2.32. The Morgan fingerprint density at radius 1 is 1.39 bits per heavy atom. The molecule has 0 heterocycles. The van der Waals surface area contributed by atoms with Gasteiger partial charge in [-0.15, -0.1) is 0 Å². The molecule has 1 aromatic carbocycles. The number of benzene rings is 1. The molecule has 2 rings (SSSR count). The highest BCUT2D eigenvalue weighted by molar-refractivity contribution is 9.10. The Morgan fingerprint density at radius 2 is 2.17 bits per heavy atom. The minimum atomic E-state index is -0.498. The lowest BCUT2D eigenvalue weighted by molar-refractivity contribution is 0.486. The lowest BCUT2D eigenvalue weighted by Gasteiger charge is -2.14. The first-order valence-corrected chi connectivity index (χ1v) is 8.08. The Morgan fingerprint density at radius 3 is 2.83 bits per heavy atom. The first kappa shape index (κ1) is 14.3. The van der Waals surface area contributed by atoms with Crippen LogP contribution in [0.3, 0.4) is 0 Å². The van der Waals surface area contributed by atoms with Crippen LogP contribution in [0.15, 0.2) is 16.6 Å². The highest BCUT2D eigenvalue weighted by Crippen LogP contribution is 2.29. The summed E-state index contributed by atoms with van der Waals surface area (Å²) in [6.07, 6.45) is 5.46. The summed E-state index contributed by atoms with van der Waals surface area (Å²) in [5, 5.41) is 3.94. The summed E-state index contributed by atoms with van der Waals surface area (Å²) in [4.78, 5) is 0. The van der Waals surface area contributed by atoms with E-state index >= 15 is 0 Å². The zero-order valence-corrected chi connectivity index (χ0v) is 12.6. The van der Waals surface area contributed by atoms with Gasteiger partial charge in [-0.05, 0) is 53.6 Å². The van der Waals surface area contributed by atoms with Gasteiger partial charge in [-0.2, -0.15) is 11.8 Å². The molecule has 0 aromatic heterocycles. The quantitative estimate of drug-likeness (QED) is 0.831. The molecule has 1 aliphatic rings. The van der Waals surface area contributed by atoms with Gasteiger partial charge in [0.1, 0.15) is 11.6 Å². The molecule has 0 radical (unpaired) electrons. The van der Waals surface area contributed by atoms with Gasteiger partial charge in [0.25, 0.3) is 0 Å². The zero-order chi connectivity index (χ0) is 13.1. The van der Waals surface area contributed by atoms with Crippen LogP contribution in [0.25, 0.3) is 0 Å². The van der Waals surface area contributed by atoms with Crippen molar-refractivity contribution in [2.24, 2.45) is 0 Å². The molecule has 0 amide bonds. The molecular formula is C13H16BrF2NS. The molecule has 1 aromatic rings. The number of hydrogen-bond acceptors (Lipinski definition) is 2. The summed E-state index contributed by atoms with van der Waals surface area (Å²) in [6, 6.07) is 3.07.